The summed E-state index contributed by atoms with van der Waals surface area (Å²) in [4.78, 5) is 0. The highest BCUT2D eigenvalue weighted by Crippen LogP contribution is 2.29. The molecule has 8 heteroatoms. The maximum atomic E-state index is 11.7. The Labute approximate surface area is 139 Å². The third-order valence-electron chi connectivity index (χ3n) is 3.00. The molecule has 0 bridgehead atoms. The lowest BCUT2D eigenvalue weighted by Crippen LogP contribution is -2.14. The van der Waals surface area contributed by atoms with Crippen molar-refractivity contribution < 1.29 is 12.6 Å². The Balaban J connectivity index is 2.55. The van der Waals surface area contributed by atoms with Gasteiger partial charge in [-0.2, -0.15) is 18.2 Å². The maximum absolute atomic E-state index is 11.7. The number of hydrogen-bond donors (Lipinski definition) is 0. The first-order chi connectivity index (χ1) is 10.2. The summed E-state index contributed by atoms with van der Waals surface area (Å²) < 4.78 is 30.0. The molecule has 0 amide bonds. The SMILES string of the molecule is CCS(=O)(=O)Oc1cc(C(C)C)nn1-c1ccc(Cl)c(Cl)c1. The minimum absolute atomic E-state index is 0.121. The fourth-order valence-corrected chi connectivity index (χ4v) is 2.50. The monoisotopic (exact) mass is 362 g/mol. The Hall–Kier alpha value is -1.24. The fraction of sp³-hybridized carbons (Fsp3) is 0.357. The molecule has 1 heterocycles. The molecule has 0 spiro atoms. The van der Waals surface area contributed by atoms with Crippen LogP contribution in [0.25, 0.3) is 5.69 Å². The molecule has 5 nitrogen and oxygen atoms in total. The topological polar surface area (TPSA) is 61.2 Å². The lowest BCUT2D eigenvalue weighted by atomic mass is 10.1. The van der Waals surface area contributed by atoms with Crippen LogP contribution >= 0.6 is 23.2 Å². The molecule has 2 aromatic rings. The molecule has 1 aromatic carbocycles. The van der Waals surface area contributed by atoms with E-state index in [2.05, 4.69) is 5.10 Å². The van der Waals surface area contributed by atoms with E-state index in [9.17, 15) is 8.42 Å². The van der Waals surface area contributed by atoms with Crippen molar-refractivity contribution in [1.82, 2.24) is 9.78 Å². The molecule has 0 atom stereocenters. The second-order valence-corrected chi connectivity index (χ2v) is 7.68. The largest absolute Gasteiger partial charge is 0.361 e. The molecule has 0 aliphatic rings. The van der Waals surface area contributed by atoms with Crippen molar-refractivity contribution in [2.75, 3.05) is 5.75 Å². The smallest absolute Gasteiger partial charge is 0.310 e. The minimum Gasteiger partial charge on any atom is -0.361 e. The first-order valence-corrected chi connectivity index (χ1v) is 9.04. The normalized spacial score (nSPS) is 11.9. The third kappa shape index (κ3) is 3.74. The molecule has 0 radical (unpaired) electrons. The quantitative estimate of drug-likeness (QED) is 0.753. The van der Waals surface area contributed by atoms with E-state index in [1.54, 1.807) is 24.3 Å². The van der Waals surface area contributed by atoms with Crippen LogP contribution in [0.1, 0.15) is 32.4 Å². The van der Waals surface area contributed by atoms with Crippen LogP contribution in [-0.4, -0.2) is 24.0 Å². The van der Waals surface area contributed by atoms with Gasteiger partial charge >= 0.3 is 10.1 Å². The van der Waals surface area contributed by atoms with E-state index in [1.165, 1.54) is 11.6 Å². The average Bonchev–Trinajstić information content (AvgIpc) is 2.85. The molecule has 22 heavy (non-hydrogen) atoms. The second-order valence-electron chi connectivity index (χ2n) is 5.00. The van der Waals surface area contributed by atoms with Crippen LogP contribution in [0.15, 0.2) is 24.3 Å². The third-order valence-corrected chi connectivity index (χ3v) is 4.87. The molecular formula is C14H16Cl2N2O3S. The van der Waals surface area contributed by atoms with Gasteiger partial charge in [0.05, 0.1) is 27.2 Å². The summed E-state index contributed by atoms with van der Waals surface area (Å²) in [5, 5.41) is 5.15. The van der Waals surface area contributed by atoms with Crippen LogP contribution in [0.3, 0.4) is 0 Å². The van der Waals surface area contributed by atoms with Crippen LogP contribution in [-0.2, 0) is 10.1 Å². The number of nitrogens with zero attached hydrogens (tertiary/aromatic N) is 2. The van der Waals surface area contributed by atoms with Crippen LogP contribution in [0.4, 0.5) is 0 Å². The van der Waals surface area contributed by atoms with E-state index < -0.39 is 10.1 Å². The van der Waals surface area contributed by atoms with Gasteiger partial charge in [0.2, 0.25) is 5.88 Å². The van der Waals surface area contributed by atoms with Gasteiger partial charge in [-0.15, -0.1) is 0 Å². The van der Waals surface area contributed by atoms with E-state index in [1.807, 2.05) is 13.8 Å². The summed E-state index contributed by atoms with van der Waals surface area (Å²) in [5.41, 5.74) is 1.29. The zero-order valence-electron chi connectivity index (χ0n) is 12.4. The van der Waals surface area contributed by atoms with Gasteiger partial charge < -0.3 is 4.18 Å². The first-order valence-electron chi connectivity index (χ1n) is 6.71. The minimum atomic E-state index is -3.65. The number of hydrogen-bond acceptors (Lipinski definition) is 4. The van der Waals surface area contributed by atoms with Gasteiger partial charge in [0.15, 0.2) is 0 Å². The summed E-state index contributed by atoms with van der Waals surface area (Å²) in [7, 11) is -3.65. The summed E-state index contributed by atoms with van der Waals surface area (Å²) in [6.07, 6.45) is 0. The molecular weight excluding hydrogens is 347 g/mol. The summed E-state index contributed by atoms with van der Waals surface area (Å²) in [5.74, 6) is 0.121. The molecule has 2 rings (SSSR count). The Morgan fingerprint density at radius 1 is 1.23 bits per heavy atom. The molecule has 0 N–H and O–H groups in total. The van der Waals surface area contributed by atoms with Crippen molar-refractivity contribution in [3.8, 4) is 11.6 Å². The molecule has 0 unspecified atom stereocenters. The maximum Gasteiger partial charge on any atom is 0.310 e. The summed E-state index contributed by atoms with van der Waals surface area (Å²) in [6, 6.07) is 6.53. The van der Waals surface area contributed by atoms with E-state index >= 15 is 0 Å². The van der Waals surface area contributed by atoms with Crippen LogP contribution in [0, 0.1) is 0 Å². The highest BCUT2D eigenvalue weighted by atomic mass is 35.5. The van der Waals surface area contributed by atoms with Crippen molar-refractivity contribution in [3.63, 3.8) is 0 Å². The molecule has 120 valence electrons. The number of halogens is 2. The van der Waals surface area contributed by atoms with Gasteiger partial charge in [-0.1, -0.05) is 37.0 Å². The predicted octanol–water partition coefficient (Wildman–Crippen LogP) is 4.03. The molecule has 0 saturated heterocycles. The molecule has 0 aliphatic heterocycles. The molecule has 0 fully saturated rings. The lowest BCUT2D eigenvalue weighted by molar-refractivity contribution is 0.466. The van der Waals surface area contributed by atoms with Gasteiger partial charge in [-0.25, -0.2) is 0 Å². The van der Waals surface area contributed by atoms with Gasteiger partial charge in [0, 0.05) is 6.07 Å². The lowest BCUT2D eigenvalue weighted by Gasteiger charge is -2.09. The Kier molecular flexibility index (Phi) is 5.04. The second kappa shape index (κ2) is 6.48. The predicted molar refractivity (Wildman–Crippen MR) is 87.8 cm³/mol. The molecule has 0 saturated carbocycles. The van der Waals surface area contributed by atoms with Crippen molar-refractivity contribution in [2.45, 2.75) is 26.7 Å². The van der Waals surface area contributed by atoms with Gasteiger partial charge in [-0.3, -0.25) is 0 Å². The molecule has 0 aliphatic carbocycles. The van der Waals surface area contributed by atoms with Gasteiger partial charge in [-0.05, 0) is 31.0 Å². The van der Waals surface area contributed by atoms with E-state index in [0.717, 1.165) is 0 Å². The van der Waals surface area contributed by atoms with Crippen LogP contribution in [0.5, 0.6) is 5.88 Å². The summed E-state index contributed by atoms with van der Waals surface area (Å²) in [6.45, 7) is 5.43. The fourth-order valence-electron chi connectivity index (χ4n) is 1.71. The van der Waals surface area contributed by atoms with Crippen molar-refractivity contribution >= 4 is 33.3 Å². The molecule has 1 aromatic heterocycles. The number of aromatic nitrogens is 2. The zero-order valence-corrected chi connectivity index (χ0v) is 14.7. The Bertz CT molecular complexity index is 785. The van der Waals surface area contributed by atoms with E-state index in [4.69, 9.17) is 27.4 Å². The van der Waals surface area contributed by atoms with Crippen molar-refractivity contribution in [1.29, 1.82) is 0 Å². The number of rotatable bonds is 5. The van der Waals surface area contributed by atoms with Crippen LogP contribution < -0.4 is 4.18 Å². The summed E-state index contributed by atoms with van der Waals surface area (Å²) >= 11 is 11.9. The van der Waals surface area contributed by atoms with Crippen molar-refractivity contribution in [2.24, 2.45) is 0 Å². The highest BCUT2D eigenvalue weighted by molar-refractivity contribution is 7.87. The average molecular weight is 363 g/mol. The highest BCUT2D eigenvalue weighted by Gasteiger charge is 2.19. The van der Waals surface area contributed by atoms with E-state index in [0.29, 0.717) is 21.4 Å². The zero-order chi connectivity index (χ0) is 16.5. The Morgan fingerprint density at radius 3 is 2.45 bits per heavy atom. The van der Waals surface area contributed by atoms with Crippen molar-refractivity contribution in [3.05, 3.63) is 40.0 Å². The first kappa shape index (κ1) is 17.1. The van der Waals surface area contributed by atoms with Gasteiger partial charge in [0.25, 0.3) is 0 Å². The van der Waals surface area contributed by atoms with Crippen LogP contribution in [0.2, 0.25) is 10.0 Å². The number of benzene rings is 1. The Morgan fingerprint density at radius 2 is 1.91 bits per heavy atom. The standard InChI is InChI=1S/C14H16Cl2N2O3S/c1-4-22(19,20)21-14-8-13(9(2)3)17-18(14)10-5-6-11(15)12(16)7-10/h5-9H,4H2,1-3H3. The van der Waals surface area contributed by atoms with Gasteiger partial charge in [0.1, 0.15) is 0 Å². The van der Waals surface area contributed by atoms with E-state index in [-0.39, 0.29) is 17.6 Å².